The van der Waals surface area contributed by atoms with Crippen LogP contribution in [0.15, 0.2) is 74.0 Å². The van der Waals surface area contributed by atoms with E-state index in [-0.39, 0.29) is 33.3 Å². The molecular formula is C24H20N4O6S2. The van der Waals surface area contributed by atoms with Gasteiger partial charge in [0.1, 0.15) is 23.2 Å². The zero-order valence-corrected chi connectivity index (χ0v) is 20.8. The minimum absolute atomic E-state index is 0.0517. The van der Waals surface area contributed by atoms with E-state index in [9.17, 15) is 28.4 Å². The third-order valence-corrected chi connectivity index (χ3v) is 7.46. The molecule has 2 amide bonds. The van der Waals surface area contributed by atoms with Crippen LogP contribution in [0.1, 0.15) is 19.6 Å². The molecule has 4 rings (SSSR count). The number of thiazole rings is 1. The highest BCUT2D eigenvalue weighted by molar-refractivity contribution is 7.93. The van der Waals surface area contributed by atoms with Gasteiger partial charge in [0.2, 0.25) is 0 Å². The fraction of sp³-hybridized carbons (Fsp3) is 0.167. The minimum Gasteiger partial charge on any atom is -0.457 e. The first-order chi connectivity index (χ1) is 17.1. The van der Waals surface area contributed by atoms with Crippen LogP contribution in [-0.2, 0) is 19.6 Å². The molecule has 184 valence electrons. The minimum atomic E-state index is -3.80. The number of carbonyl (C=O) groups is 2. The molecule has 0 aliphatic carbocycles. The summed E-state index contributed by atoms with van der Waals surface area (Å²) in [5.41, 5.74) is 0.729. The zero-order valence-electron chi connectivity index (χ0n) is 19.1. The number of nitrogens with one attached hydrogen (secondary N) is 1. The largest absolute Gasteiger partial charge is 0.457 e. The number of rotatable bonds is 7. The van der Waals surface area contributed by atoms with Gasteiger partial charge in [0, 0.05) is 22.7 Å². The number of nitrogens with zero attached hydrogens (tertiary/aromatic N) is 3. The van der Waals surface area contributed by atoms with Gasteiger partial charge in [0.15, 0.2) is 5.13 Å². The molecule has 1 atom stereocenters. The SMILES string of the molecule is CC1=C(C#N)C(=O)N(CC(C)O)C(=O)/C1=C/c1ccc(-c2ccc(S(=O)(=O)Nc3nccs3)cc2)o1. The van der Waals surface area contributed by atoms with E-state index in [1.165, 1.54) is 49.6 Å². The third kappa shape index (κ3) is 4.99. The molecule has 1 aliphatic rings. The van der Waals surface area contributed by atoms with Crippen LogP contribution in [0.2, 0.25) is 0 Å². The lowest BCUT2D eigenvalue weighted by atomic mass is 9.94. The molecule has 1 aromatic carbocycles. The van der Waals surface area contributed by atoms with Crippen molar-refractivity contribution < 1.29 is 27.5 Å². The van der Waals surface area contributed by atoms with Gasteiger partial charge in [0.25, 0.3) is 21.8 Å². The molecule has 3 heterocycles. The topological polar surface area (TPSA) is 154 Å². The third-order valence-electron chi connectivity index (χ3n) is 5.29. The summed E-state index contributed by atoms with van der Waals surface area (Å²) in [4.78, 5) is 30.2. The molecule has 1 aliphatic heterocycles. The Morgan fingerprint density at radius 3 is 2.56 bits per heavy atom. The molecular weight excluding hydrogens is 504 g/mol. The summed E-state index contributed by atoms with van der Waals surface area (Å²) < 4.78 is 33.3. The quantitative estimate of drug-likeness (QED) is 0.353. The number of imide groups is 1. The molecule has 0 fully saturated rings. The van der Waals surface area contributed by atoms with E-state index in [4.69, 9.17) is 4.42 Å². The van der Waals surface area contributed by atoms with E-state index in [2.05, 4.69) is 9.71 Å². The predicted octanol–water partition coefficient (Wildman–Crippen LogP) is 3.18. The van der Waals surface area contributed by atoms with Gasteiger partial charge in [-0.2, -0.15) is 5.26 Å². The average Bonchev–Trinajstić information content (AvgIpc) is 3.52. The molecule has 0 saturated carbocycles. The van der Waals surface area contributed by atoms with Crippen LogP contribution < -0.4 is 4.72 Å². The Balaban J connectivity index is 1.61. The average molecular weight is 525 g/mol. The summed E-state index contributed by atoms with van der Waals surface area (Å²) in [6, 6.07) is 11.1. The number of carbonyl (C=O) groups excluding carboxylic acids is 2. The summed E-state index contributed by atoms with van der Waals surface area (Å²) >= 11 is 1.17. The summed E-state index contributed by atoms with van der Waals surface area (Å²) in [6.07, 6.45) is 1.96. The molecule has 0 radical (unpaired) electrons. The van der Waals surface area contributed by atoms with Crippen molar-refractivity contribution in [3.8, 4) is 17.4 Å². The Morgan fingerprint density at radius 1 is 1.22 bits per heavy atom. The number of amides is 2. The molecule has 36 heavy (non-hydrogen) atoms. The maximum atomic E-state index is 12.9. The van der Waals surface area contributed by atoms with E-state index < -0.39 is 27.9 Å². The second-order valence-electron chi connectivity index (χ2n) is 7.91. The van der Waals surface area contributed by atoms with Gasteiger partial charge < -0.3 is 9.52 Å². The number of hydrogen-bond donors (Lipinski definition) is 2. The van der Waals surface area contributed by atoms with E-state index in [1.807, 2.05) is 6.07 Å². The van der Waals surface area contributed by atoms with Crippen LogP contribution in [0, 0.1) is 11.3 Å². The van der Waals surface area contributed by atoms with Crippen LogP contribution in [0.5, 0.6) is 0 Å². The van der Waals surface area contributed by atoms with E-state index in [0.717, 1.165) is 4.90 Å². The summed E-state index contributed by atoms with van der Waals surface area (Å²) in [5, 5.41) is 21.0. The second kappa shape index (κ2) is 9.90. The van der Waals surface area contributed by atoms with Crippen LogP contribution in [0.25, 0.3) is 17.4 Å². The number of benzene rings is 1. The highest BCUT2D eigenvalue weighted by Gasteiger charge is 2.36. The van der Waals surface area contributed by atoms with Crippen molar-refractivity contribution in [3.05, 3.63) is 70.5 Å². The molecule has 12 heteroatoms. The fourth-order valence-corrected chi connectivity index (χ4v) is 5.32. The van der Waals surface area contributed by atoms with E-state index in [1.54, 1.807) is 29.6 Å². The summed E-state index contributed by atoms with van der Waals surface area (Å²) in [7, 11) is -3.80. The number of aromatic nitrogens is 1. The predicted molar refractivity (Wildman–Crippen MR) is 132 cm³/mol. The lowest BCUT2D eigenvalue weighted by Gasteiger charge is -2.28. The molecule has 2 aromatic heterocycles. The molecule has 1 unspecified atom stereocenters. The number of nitriles is 1. The molecule has 2 N–H and O–H groups in total. The highest BCUT2D eigenvalue weighted by atomic mass is 32.2. The maximum absolute atomic E-state index is 12.9. The van der Waals surface area contributed by atoms with Crippen LogP contribution in [0.3, 0.4) is 0 Å². The van der Waals surface area contributed by atoms with Gasteiger partial charge in [0.05, 0.1) is 17.5 Å². The van der Waals surface area contributed by atoms with Gasteiger partial charge in [-0.1, -0.05) is 0 Å². The molecule has 0 saturated heterocycles. The monoisotopic (exact) mass is 524 g/mol. The highest BCUT2D eigenvalue weighted by Crippen LogP contribution is 2.30. The van der Waals surface area contributed by atoms with Crippen molar-refractivity contribution in [2.45, 2.75) is 24.8 Å². The van der Waals surface area contributed by atoms with E-state index in [0.29, 0.717) is 17.1 Å². The standard InChI is InChI=1S/C24H20N4O6S2/c1-14(29)13-28-22(30)19(15(2)20(12-25)23(28)31)11-17-5-8-21(34-17)16-3-6-18(7-4-16)36(32,33)27-24-26-9-10-35-24/h3-11,14,29H,13H2,1-2H3,(H,26,27)/b19-11+. The van der Waals surface area contributed by atoms with Gasteiger partial charge >= 0.3 is 0 Å². The number of anilines is 1. The Morgan fingerprint density at radius 2 is 1.94 bits per heavy atom. The van der Waals surface area contributed by atoms with Crippen molar-refractivity contribution in [1.29, 1.82) is 5.26 Å². The molecule has 0 bridgehead atoms. The van der Waals surface area contributed by atoms with Gasteiger partial charge in [-0.3, -0.25) is 19.2 Å². The van der Waals surface area contributed by atoms with Gasteiger partial charge in [-0.15, -0.1) is 11.3 Å². The number of sulfonamides is 1. The molecule has 0 spiro atoms. The van der Waals surface area contributed by atoms with Crippen LogP contribution >= 0.6 is 11.3 Å². The van der Waals surface area contributed by atoms with Crippen molar-refractivity contribution >= 4 is 44.4 Å². The lowest BCUT2D eigenvalue weighted by molar-refractivity contribution is -0.141. The molecule has 3 aromatic rings. The van der Waals surface area contributed by atoms with Gasteiger partial charge in [-0.05, 0) is 61.9 Å². The van der Waals surface area contributed by atoms with E-state index >= 15 is 0 Å². The Kier molecular flexibility index (Phi) is 6.89. The Bertz CT molecular complexity index is 1530. The number of furan rings is 1. The number of aliphatic hydroxyl groups is 1. The molecule has 10 nitrogen and oxygen atoms in total. The Hall–Kier alpha value is -4.05. The van der Waals surface area contributed by atoms with Crippen molar-refractivity contribution in [2.75, 3.05) is 11.3 Å². The zero-order chi connectivity index (χ0) is 26.0. The van der Waals surface area contributed by atoms with Crippen molar-refractivity contribution in [2.24, 2.45) is 0 Å². The van der Waals surface area contributed by atoms with Crippen LogP contribution in [-0.4, -0.2) is 47.9 Å². The number of aliphatic hydroxyl groups excluding tert-OH is 1. The first-order valence-corrected chi connectivity index (χ1v) is 13.0. The van der Waals surface area contributed by atoms with Gasteiger partial charge in [-0.25, -0.2) is 13.4 Å². The smallest absolute Gasteiger partial charge is 0.271 e. The number of β-amino-alcohol motifs (C(OH)–C–C–N with tert-alkyl or cyclic N) is 1. The second-order valence-corrected chi connectivity index (χ2v) is 10.5. The van der Waals surface area contributed by atoms with Crippen LogP contribution in [0.4, 0.5) is 5.13 Å². The van der Waals surface area contributed by atoms with Crippen molar-refractivity contribution in [1.82, 2.24) is 9.88 Å². The lowest BCUT2D eigenvalue weighted by Crippen LogP contribution is -2.45. The first-order valence-electron chi connectivity index (χ1n) is 10.6. The Labute approximate surface area is 210 Å². The normalized spacial score (nSPS) is 16.4. The first kappa shape index (κ1) is 25.1. The summed E-state index contributed by atoms with van der Waals surface area (Å²) in [5.74, 6) is -0.685. The maximum Gasteiger partial charge on any atom is 0.271 e. The number of hydrogen-bond acceptors (Lipinski definition) is 9. The van der Waals surface area contributed by atoms with Crippen molar-refractivity contribution in [3.63, 3.8) is 0 Å². The summed E-state index contributed by atoms with van der Waals surface area (Å²) in [6.45, 7) is 2.69. The fourth-order valence-electron chi connectivity index (χ4n) is 3.53.